The summed E-state index contributed by atoms with van der Waals surface area (Å²) in [6.07, 6.45) is 1.22. The van der Waals surface area contributed by atoms with Gasteiger partial charge in [0.25, 0.3) is 11.8 Å². The summed E-state index contributed by atoms with van der Waals surface area (Å²) in [6.45, 7) is 3.38. The lowest BCUT2D eigenvalue weighted by Gasteiger charge is -2.13. The summed E-state index contributed by atoms with van der Waals surface area (Å²) in [5.74, 6) is -4.13. The highest BCUT2D eigenvalue weighted by atomic mass is 16.5. The van der Waals surface area contributed by atoms with Gasteiger partial charge in [0.05, 0.1) is 30.2 Å². The quantitative estimate of drug-likeness (QED) is 0.449. The number of rotatable bonds is 7. The first-order chi connectivity index (χ1) is 17.0. The maximum absolute atomic E-state index is 13.4. The van der Waals surface area contributed by atoms with Gasteiger partial charge in [-0.1, -0.05) is 42.5 Å². The zero-order chi connectivity index (χ0) is 24.9. The molecule has 4 rings (SSSR count). The van der Waals surface area contributed by atoms with Gasteiger partial charge in [0.2, 0.25) is 0 Å². The van der Waals surface area contributed by atoms with E-state index >= 15 is 0 Å². The van der Waals surface area contributed by atoms with Crippen LogP contribution in [-0.4, -0.2) is 48.4 Å². The molecule has 0 aliphatic carbocycles. The third-order valence-electron chi connectivity index (χ3n) is 5.14. The number of amides is 2. The van der Waals surface area contributed by atoms with Crippen LogP contribution in [0.2, 0.25) is 0 Å². The molecule has 2 heterocycles. The third kappa shape index (κ3) is 4.58. The number of carbonyl (C=O) groups excluding carboxylic acids is 4. The van der Waals surface area contributed by atoms with E-state index in [9.17, 15) is 19.2 Å². The van der Waals surface area contributed by atoms with Crippen molar-refractivity contribution in [2.24, 2.45) is 16.1 Å². The topological polar surface area (TPSA) is 118 Å². The van der Waals surface area contributed by atoms with E-state index in [-0.39, 0.29) is 30.2 Å². The highest BCUT2D eigenvalue weighted by Gasteiger charge is 2.43. The number of anilines is 2. The van der Waals surface area contributed by atoms with Crippen LogP contribution < -0.4 is 10.0 Å². The second-order valence-electron chi connectivity index (χ2n) is 7.37. The number of hydrogen-bond donors (Lipinski definition) is 0. The smallest absolute Gasteiger partial charge is 0.359 e. The van der Waals surface area contributed by atoms with Crippen molar-refractivity contribution in [1.82, 2.24) is 0 Å². The van der Waals surface area contributed by atoms with Crippen molar-refractivity contribution in [1.29, 1.82) is 0 Å². The average Bonchev–Trinajstić information content (AvgIpc) is 3.38. The Morgan fingerprint density at radius 1 is 0.829 bits per heavy atom. The van der Waals surface area contributed by atoms with Crippen LogP contribution in [0.25, 0.3) is 0 Å². The standard InChI is InChI=1S/C25H22N4O6/c1-3-34-24(32)20-18(22(30)28(26-20)16-11-7-5-8-12-16)15-19-21(25(33)35-4-2)27-29(23(19)31)17-13-9-6-10-14-17/h5-15,18H,3-4H2,1-2H3/b19-15+/t18-/m0/s1. The molecule has 0 spiro atoms. The minimum absolute atomic E-state index is 0.0599. The maximum Gasteiger partial charge on any atom is 0.359 e. The van der Waals surface area contributed by atoms with Crippen LogP contribution in [0.1, 0.15) is 13.8 Å². The molecule has 0 bridgehead atoms. The number of hydrogen-bond acceptors (Lipinski definition) is 8. The van der Waals surface area contributed by atoms with E-state index in [1.54, 1.807) is 74.5 Å². The Morgan fingerprint density at radius 3 is 1.94 bits per heavy atom. The van der Waals surface area contributed by atoms with E-state index in [1.807, 2.05) is 0 Å². The first-order valence-corrected chi connectivity index (χ1v) is 11.0. The second-order valence-corrected chi connectivity index (χ2v) is 7.37. The fraction of sp³-hybridized carbons (Fsp3) is 0.200. The van der Waals surface area contributed by atoms with E-state index in [2.05, 4.69) is 10.2 Å². The highest BCUT2D eigenvalue weighted by molar-refractivity contribution is 6.54. The van der Waals surface area contributed by atoms with Crippen LogP contribution in [-0.2, 0) is 28.7 Å². The first kappa shape index (κ1) is 23.6. The average molecular weight is 474 g/mol. The zero-order valence-electron chi connectivity index (χ0n) is 19.1. The first-order valence-electron chi connectivity index (χ1n) is 11.0. The van der Waals surface area contributed by atoms with E-state index in [1.165, 1.54) is 6.08 Å². The van der Waals surface area contributed by atoms with Crippen molar-refractivity contribution in [3.63, 3.8) is 0 Å². The summed E-state index contributed by atoms with van der Waals surface area (Å²) in [4.78, 5) is 52.0. The number of para-hydroxylation sites is 2. The fourth-order valence-corrected chi connectivity index (χ4v) is 3.57. The summed E-state index contributed by atoms with van der Waals surface area (Å²) in [5, 5.41) is 10.5. The molecule has 2 amide bonds. The molecule has 2 aliphatic heterocycles. The molecule has 0 aromatic heterocycles. The van der Waals surface area contributed by atoms with Gasteiger partial charge in [-0.05, 0) is 38.1 Å². The van der Waals surface area contributed by atoms with Crippen molar-refractivity contribution in [2.45, 2.75) is 13.8 Å². The number of hydrazone groups is 2. The van der Waals surface area contributed by atoms with Gasteiger partial charge in [-0.15, -0.1) is 0 Å². The van der Waals surface area contributed by atoms with Crippen molar-refractivity contribution in [3.8, 4) is 0 Å². The second kappa shape index (κ2) is 10.1. The van der Waals surface area contributed by atoms with Crippen LogP contribution in [0.15, 0.2) is 82.5 Å². The Kier molecular flexibility index (Phi) is 6.81. The molecule has 35 heavy (non-hydrogen) atoms. The molecule has 0 unspecified atom stereocenters. The van der Waals surface area contributed by atoms with Gasteiger partial charge in [0.1, 0.15) is 5.92 Å². The Bertz CT molecular complexity index is 1250. The minimum atomic E-state index is -1.27. The Morgan fingerprint density at radius 2 is 1.37 bits per heavy atom. The highest BCUT2D eigenvalue weighted by Crippen LogP contribution is 2.29. The lowest BCUT2D eigenvalue weighted by atomic mass is 9.97. The predicted molar refractivity (Wildman–Crippen MR) is 128 cm³/mol. The normalized spacial score (nSPS) is 18.6. The van der Waals surface area contributed by atoms with E-state index in [4.69, 9.17) is 9.47 Å². The minimum Gasteiger partial charge on any atom is -0.461 e. The number of carbonyl (C=O) groups is 4. The molecule has 10 heteroatoms. The molecular formula is C25H22N4O6. The number of ether oxygens (including phenoxy) is 2. The monoisotopic (exact) mass is 474 g/mol. The molecule has 2 aliphatic rings. The lowest BCUT2D eigenvalue weighted by molar-refractivity contribution is -0.136. The number of esters is 2. The summed E-state index contributed by atoms with van der Waals surface area (Å²) in [7, 11) is 0. The Labute approximate surface area is 201 Å². The number of benzene rings is 2. The molecule has 2 aromatic carbocycles. The zero-order valence-corrected chi connectivity index (χ0v) is 19.1. The summed E-state index contributed by atoms with van der Waals surface area (Å²) < 4.78 is 10.2. The summed E-state index contributed by atoms with van der Waals surface area (Å²) >= 11 is 0. The van der Waals surface area contributed by atoms with Crippen molar-refractivity contribution < 1.29 is 28.7 Å². The van der Waals surface area contributed by atoms with Crippen molar-refractivity contribution in [3.05, 3.63) is 72.3 Å². The molecule has 178 valence electrons. The van der Waals surface area contributed by atoms with Crippen LogP contribution in [0.3, 0.4) is 0 Å². The van der Waals surface area contributed by atoms with Gasteiger partial charge in [0, 0.05) is 0 Å². The molecule has 0 radical (unpaired) electrons. The predicted octanol–water partition coefficient (Wildman–Crippen LogP) is 2.46. The molecule has 0 saturated heterocycles. The largest absolute Gasteiger partial charge is 0.461 e. The van der Waals surface area contributed by atoms with E-state index < -0.39 is 29.7 Å². The summed E-state index contributed by atoms with van der Waals surface area (Å²) in [5.41, 5.74) is 0.212. The van der Waals surface area contributed by atoms with Gasteiger partial charge in [-0.2, -0.15) is 20.2 Å². The molecule has 0 fully saturated rings. The van der Waals surface area contributed by atoms with Crippen LogP contribution in [0.5, 0.6) is 0 Å². The number of nitrogens with zero attached hydrogens (tertiary/aromatic N) is 4. The molecule has 10 nitrogen and oxygen atoms in total. The molecular weight excluding hydrogens is 452 g/mol. The van der Waals surface area contributed by atoms with Crippen LogP contribution in [0, 0.1) is 5.92 Å². The van der Waals surface area contributed by atoms with Gasteiger partial charge in [-0.3, -0.25) is 9.59 Å². The molecule has 2 aromatic rings. The fourth-order valence-electron chi connectivity index (χ4n) is 3.57. The SMILES string of the molecule is CCOC(=O)C1=NN(c2ccccc2)C(=O)/C1=C/[C@@H]1C(=O)N(c2ccccc2)N=C1C(=O)OCC. The van der Waals surface area contributed by atoms with Crippen LogP contribution in [0.4, 0.5) is 11.4 Å². The Hall–Kier alpha value is -4.60. The molecule has 1 atom stereocenters. The Balaban J connectivity index is 1.78. The van der Waals surface area contributed by atoms with Crippen molar-refractivity contribution >= 4 is 46.6 Å². The van der Waals surface area contributed by atoms with Gasteiger partial charge in [-0.25, -0.2) is 9.59 Å². The summed E-state index contributed by atoms with van der Waals surface area (Å²) in [6, 6.07) is 17.0. The van der Waals surface area contributed by atoms with Gasteiger partial charge < -0.3 is 9.47 Å². The van der Waals surface area contributed by atoms with E-state index in [0.29, 0.717) is 11.4 Å². The molecule has 0 N–H and O–H groups in total. The van der Waals surface area contributed by atoms with Gasteiger partial charge in [0.15, 0.2) is 11.4 Å². The van der Waals surface area contributed by atoms with Crippen molar-refractivity contribution in [2.75, 3.05) is 23.2 Å². The third-order valence-corrected chi connectivity index (χ3v) is 5.14. The van der Waals surface area contributed by atoms with Gasteiger partial charge >= 0.3 is 11.9 Å². The molecule has 0 saturated carbocycles. The maximum atomic E-state index is 13.4. The van der Waals surface area contributed by atoms with Crippen LogP contribution >= 0.6 is 0 Å². The van der Waals surface area contributed by atoms with E-state index in [0.717, 1.165) is 10.0 Å². The lowest BCUT2D eigenvalue weighted by Crippen LogP contribution is -2.31.